The average Bonchev–Trinajstić information content (AvgIpc) is 2.72. The summed E-state index contributed by atoms with van der Waals surface area (Å²) in [6.07, 6.45) is 1.83. The number of benzene rings is 2. The molecular formula is C21H25FN2O5S. The van der Waals surface area contributed by atoms with E-state index in [4.69, 9.17) is 9.47 Å². The molecule has 0 spiro atoms. The molecule has 0 aromatic heterocycles. The summed E-state index contributed by atoms with van der Waals surface area (Å²) in [4.78, 5) is 14.2. The largest absolute Gasteiger partial charge is 0.494 e. The average molecular weight is 437 g/mol. The summed E-state index contributed by atoms with van der Waals surface area (Å²) in [7, 11) is -3.24. The molecule has 30 heavy (non-hydrogen) atoms. The fraction of sp³-hybridized carbons (Fsp3) is 0.381. The molecule has 9 heteroatoms. The standard InChI is InChI=1S/C21H25FN2O5S/c1-30(26,27)18-7-5-17(6-8-18)29-12-2-3-21(25)23-16-4-9-20(19(22)15-16)24-10-13-28-14-11-24/h4-9,15H,2-3,10-14H2,1H3,(H,23,25). The van der Waals surface area contributed by atoms with Gasteiger partial charge in [-0.15, -0.1) is 0 Å². The number of ether oxygens (including phenoxy) is 2. The highest BCUT2D eigenvalue weighted by molar-refractivity contribution is 7.90. The molecule has 0 radical (unpaired) electrons. The van der Waals surface area contributed by atoms with Crippen molar-refractivity contribution in [3.05, 3.63) is 48.3 Å². The summed E-state index contributed by atoms with van der Waals surface area (Å²) < 4.78 is 48.1. The van der Waals surface area contributed by atoms with Gasteiger partial charge in [0.2, 0.25) is 5.91 Å². The van der Waals surface area contributed by atoms with Crippen LogP contribution in [-0.4, -0.2) is 53.5 Å². The Balaban J connectivity index is 1.43. The third-order valence-corrected chi connectivity index (χ3v) is 5.78. The van der Waals surface area contributed by atoms with Gasteiger partial charge in [-0.1, -0.05) is 0 Å². The lowest BCUT2D eigenvalue weighted by Gasteiger charge is -2.29. The maximum atomic E-state index is 14.4. The number of hydrogen-bond acceptors (Lipinski definition) is 6. The molecule has 1 amide bonds. The Kier molecular flexibility index (Phi) is 7.28. The van der Waals surface area contributed by atoms with Crippen molar-refractivity contribution in [2.45, 2.75) is 17.7 Å². The van der Waals surface area contributed by atoms with Crippen LogP contribution in [0.4, 0.5) is 15.8 Å². The van der Waals surface area contributed by atoms with Crippen molar-refractivity contribution >= 4 is 27.1 Å². The van der Waals surface area contributed by atoms with Gasteiger partial charge < -0.3 is 19.7 Å². The number of nitrogens with one attached hydrogen (secondary N) is 1. The number of carbonyl (C=O) groups is 1. The van der Waals surface area contributed by atoms with Gasteiger partial charge in [0.25, 0.3) is 0 Å². The number of morpholine rings is 1. The number of rotatable bonds is 8. The van der Waals surface area contributed by atoms with Gasteiger partial charge in [0, 0.05) is 31.5 Å². The lowest BCUT2D eigenvalue weighted by Crippen LogP contribution is -2.36. The molecule has 0 atom stereocenters. The van der Waals surface area contributed by atoms with Gasteiger partial charge in [-0.25, -0.2) is 12.8 Å². The fourth-order valence-electron chi connectivity index (χ4n) is 3.07. The van der Waals surface area contributed by atoms with Crippen LogP contribution in [0.3, 0.4) is 0 Å². The molecule has 0 aliphatic carbocycles. The van der Waals surface area contributed by atoms with E-state index < -0.39 is 9.84 Å². The predicted molar refractivity (Wildman–Crippen MR) is 112 cm³/mol. The minimum Gasteiger partial charge on any atom is -0.494 e. The van der Waals surface area contributed by atoms with Crippen LogP contribution in [0.1, 0.15) is 12.8 Å². The maximum Gasteiger partial charge on any atom is 0.224 e. The highest BCUT2D eigenvalue weighted by Gasteiger charge is 2.15. The molecule has 1 fully saturated rings. The number of amides is 1. The summed E-state index contributed by atoms with van der Waals surface area (Å²) in [6, 6.07) is 10.8. The summed E-state index contributed by atoms with van der Waals surface area (Å²) in [5.41, 5.74) is 0.915. The SMILES string of the molecule is CS(=O)(=O)c1ccc(OCCCC(=O)Nc2ccc(N3CCOCC3)c(F)c2)cc1. The van der Waals surface area contributed by atoms with Crippen LogP contribution in [0.25, 0.3) is 0 Å². The normalized spacial score (nSPS) is 14.4. The number of hydrogen-bond donors (Lipinski definition) is 1. The third-order valence-electron chi connectivity index (χ3n) is 4.65. The Morgan fingerprint density at radius 3 is 2.50 bits per heavy atom. The Morgan fingerprint density at radius 1 is 1.17 bits per heavy atom. The zero-order valence-corrected chi connectivity index (χ0v) is 17.6. The molecule has 1 heterocycles. The van der Waals surface area contributed by atoms with Gasteiger partial charge in [0.15, 0.2) is 9.84 Å². The molecular weight excluding hydrogens is 411 g/mol. The Labute approximate surface area is 175 Å². The van der Waals surface area contributed by atoms with E-state index in [2.05, 4.69) is 5.32 Å². The molecule has 2 aromatic rings. The van der Waals surface area contributed by atoms with Crippen LogP contribution in [0.15, 0.2) is 47.4 Å². The number of sulfone groups is 1. The fourth-order valence-corrected chi connectivity index (χ4v) is 3.71. The van der Waals surface area contributed by atoms with Crippen LogP contribution in [0.2, 0.25) is 0 Å². The third kappa shape index (κ3) is 6.17. The van der Waals surface area contributed by atoms with E-state index in [1.165, 1.54) is 18.2 Å². The zero-order valence-electron chi connectivity index (χ0n) is 16.8. The van der Waals surface area contributed by atoms with Crippen LogP contribution in [0, 0.1) is 5.82 Å². The Hall–Kier alpha value is -2.65. The van der Waals surface area contributed by atoms with E-state index in [1.54, 1.807) is 24.3 Å². The van der Waals surface area contributed by atoms with Crippen molar-refractivity contribution in [2.24, 2.45) is 0 Å². The van der Waals surface area contributed by atoms with Gasteiger partial charge >= 0.3 is 0 Å². The van der Waals surface area contributed by atoms with Gasteiger partial charge in [0.05, 0.1) is 30.4 Å². The van der Waals surface area contributed by atoms with E-state index in [9.17, 15) is 17.6 Å². The van der Waals surface area contributed by atoms with Crippen molar-refractivity contribution in [3.8, 4) is 5.75 Å². The Bertz CT molecular complexity index is 973. The van der Waals surface area contributed by atoms with E-state index in [-0.39, 0.29) is 23.0 Å². The predicted octanol–water partition coefficient (Wildman–Crippen LogP) is 2.86. The molecule has 1 aliphatic rings. The van der Waals surface area contributed by atoms with Gasteiger partial charge in [-0.2, -0.15) is 0 Å². The minimum absolute atomic E-state index is 0.217. The molecule has 3 rings (SSSR count). The minimum atomic E-state index is -3.24. The van der Waals surface area contributed by atoms with Crippen LogP contribution < -0.4 is 15.0 Å². The van der Waals surface area contributed by atoms with E-state index in [0.717, 1.165) is 6.26 Å². The molecule has 1 saturated heterocycles. The van der Waals surface area contributed by atoms with Gasteiger partial charge in [0.1, 0.15) is 11.6 Å². The first-order valence-electron chi connectivity index (χ1n) is 9.68. The molecule has 0 unspecified atom stereocenters. The summed E-state index contributed by atoms with van der Waals surface area (Å²) >= 11 is 0. The van der Waals surface area contributed by atoms with Gasteiger partial charge in [-0.3, -0.25) is 4.79 Å². The van der Waals surface area contributed by atoms with E-state index >= 15 is 0 Å². The number of halogens is 1. The lowest BCUT2D eigenvalue weighted by atomic mass is 10.2. The number of nitrogens with zero attached hydrogens (tertiary/aromatic N) is 1. The van der Waals surface area contributed by atoms with Crippen molar-refractivity contribution in [1.82, 2.24) is 0 Å². The quantitative estimate of drug-likeness (QED) is 0.641. The van der Waals surface area contributed by atoms with Gasteiger partial charge in [-0.05, 0) is 48.9 Å². The maximum absolute atomic E-state index is 14.4. The molecule has 1 N–H and O–H groups in total. The molecule has 0 bridgehead atoms. The first-order chi connectivity index (χ1) is 14.3. The van der Waals surface area contributed by atoms with Crippen molar-refractivity contribution in [2.75, 3.05) is 49.4 Å². The molecule has 0 saturated carbocycles. The van der Waals surface area contributed by atoms with Crippen LogP contribution in [-0.2, 0) is 19.4 Å². The topological polar surface area (TPSA) is 84.9 Å². The van der Waals surface area contributed by atoms with Crippen LogP contribution in [0.5, 0.6) is 5.75 Å². The summed E-state index contributed by atoms with van der Waals surface area (Å²) in [5, 5.41) is 2.69. The number of anilines is 2. The number of carbonyl (C=O) groups excluding carboxylic acids is 1. The molecule has 162 valence electrons. The van der Waals surface area contributed by atoms with Crippen molar-refractivity contribution in [3.63, 3.8) is 0 Å². The highest BCUT2D eigenvalue weighted by atomic mass is 32.2. The smallest absolute Gasteiger partial charge is 0.224 e. The summed E-state index contributed by atoms with van der Waals surface area (Å²) in [6.45, 7) is 2.72. The zero-order chi connectivity index (χ0) is 21.6. The second-order valence-electron chi connectivity index (χ2n) is 7.01. The van der Waals surface area contributed by atoms with Crippen LogP contribution >= 0.6 is 0 Å². The highest BCUT2D eigenvalue weighted by Crippen LogP contribution is 2.24. The van der Waals surface area contributed by atoms with Crippen molar-refractivity contribution in [1.29, 1.82) is 0 Å². The lowest BCUT2D eigenvalue weighted by molar-refractivity contribution is -0.116. The van der Waals surface area contributed by atoms with E-state index in [0.29, 0.717) is 56.5 Å². The van der Waals surface area contributed by atoms with E-state index in [1.807, 2.05) is 4.90 Å². The molecule has 2 aromatic carbocycles. The monoisotopic (exact) mass is 436 g/mol. The first-order valence-corrected chi connectivity index (χ1v) is 11.6. The Morgan fingerprint density at radius 2 is 1.87 bits per heavy atom. The molecule has 7 nitrogen and oxygen atoms in total. The second kappa shape index (κ2) is 9.90. The second-order valence-corrected chi connectivity index (χ2v) is 9.03. The first kappa shape index (κ1) is 22.0. The van der Waals surface area contributed by atoms with Crippen molar-refractivity contribution < 1.29 is 27.1 Å². The summed E-state index contributed by atoms with van der Waals surface area (Å²) in [5.74, 6) is -0.0799. The molecule has 1 aliphatic heterocycles.